The van der Waals surface area contributed by atoms with Crippen molar-refractivity contribution >= 4 is 5.97 Å². The number of carbonyl (C=O) groups is 1. The van der Waals surface area contributed by atoms with Gasteiger partial charge in [0.1, 0.15) is 17.7 Å². The predicted octanol–water partition coefficient (Wildman–Crippen LogP) is 6.70. The number of hydrogen-bond acceptors (Lipinski definition) is 5. The van der Waals surface area contributed by atoms with E-state index in [4.69, 9.17) is 9.47 Å². The van der Waals surface area contributed by atoms with Crippen LogP contribution >= 0.6 is 0 Å². The molecule has 216 valence electrons. The zero-order valence-corrected chi connectivity index (χ0v) is 24.1. The van der Waals surface area contributed by atoms with Gasteiger partial charge in [-0.2, -0.15) is 0 Å². The Labute approximate surface area is 241 Å². The van der Waals surface area contributed by atoms with E-state index in [1.165, 1.54) is 6.20 Å². The van der Waals surface area contributed by atoms with Gasteiger partial charge in [-0.1, -0.05) is 37.3 Å². The van der Waals surface area contributed by atoms with Crippen molar-refractivity contribution in [2.24, 2.45) is 11.8 Å². The molecule has 2 fully saturated rings. The van der Waals surface area contributed by atoms with E-state index in [-0.39, 0.29) is 23.9 Å². The first kappa shape index (κ1) is 27.9. The number of aryl methyl sites for hydroxylation is 2. The summed E-state index contributed by atoms with van der Waals surface area (Å²) in [6.45, 7) is 8.76. The van der Waals surface area contributed by atoms with Gasteiger partial charge in [0.2, 0.25) is 0 Å². The molecular formula is C34H39FN2O4. The molecule has 0 spiro atoms. The lowest BCUT2D eigenvalue weighted by Gasteiger charge is -2.34. The molecule has 41 heavy (non-hydrogen) atoms. The summed E-state index contributed by atoms with van der Waals surface area (Å²) >= 11 is 0. The van der Waals surface area contributed by atoms with Crippen molar-refractivity contribution in [3.8, 4) is 16.9 Å². The van der Waals surface area contributed by atoms with Gasteiger partial charge in [0, 0.05) is 30.4 Å². The van der Waals surface area contributed by atoms with Crippen molar-refractivity contribution in [3.63, 3.8) is 0 Å². The Morgan fingerprint density at radius 1 is 1.15 bits per heavy atom. The summed E-state index contributed by atoms with van der Waals surface area (Å²) in [6.07, 6.45) is 5.07. The Morgan fingerprint density at radius 2 is 1.98 bits per heavy atom. The number of nitrogens with zero attached hydrogens (tertiary/aromatic N) is 2. The zero-order valence-electron chi connectivity index (χ0n) is 24.1. The van der Waals surface area contributed by atoms with Crippen LogP contribution in [0.3, 0.4) is 0 Å². The number of morpholine rings is 1. The van der Waals surface area contributed by atoms with Crippen molar-refractivity contribution in [1.29, 1.82) is 0 Å². The summed E-state index contributed by atoms with van der Waals surface area (Å²) in [4.78, 5) is 18.4. The second kappa shape index (κ2) is 11.5. The standard InChI is InChI=1S/C34H39FN2O4/c1-20-14-29(30(35)17-36-20)28-10-8-25(15-27(28)18-37-12-13-40-19-21(37)2)31-11-9-23-4-7-26(16-32(23)41-31)33(24-5-6-24)22(3)34(38)39/h4,7-8,10,14-17,21-22,24,31,33H,5-6,9,11-13,18-19H2,1-3H3,(H,38,39)/t21-,22-,31?,33-/m0/s1. The van der Waals surface area contributed by atoms with E-state index in [9.17, 15) is 9.90 Å². The number of halogens is 1. The lowest BCUT2D eigenvalue weighted by atomic mass is 9.82. The minimum Gasteiger partial charge on any atom is -0.485 e. The molecule has 1 aromatic heterocycles. The maximum atomic E-state index is 15.0. The molecular weight excluding hydrogens is 519 g/mol. The highest BCUT2D eigenvalue weighted by Crippen LogP contribution is 2.48. The third-order valence-electron chi connectivity index (χ3n) is 9.14. The average Bonchev–Trinajstić information content (AvgIpc) is 3.80. The van der Waals surface area contributed by atoms with Gasteiger partial charge in [-0.15, -0.1) is 0 Å². The van der Waals surface area contributed by atoms with Gasteiger partial charge in [-0.05, 0) is 91.3 Å². The molecule has 1 aliphatic carbocycles. The van der Waals surface area contributed by atoms with E-state index in [0.29, 0.717) is 31.2 Å². The molecule has 1 saturated carbocycles. The first-order chi connectivity index (χ1) is 19.8. The largest absolute Gasteiger partial charge is 0.485 e. The molecule has 4 atom stereocenters. The van der Waals surface area contributed by atoms with Crippen molar-refractivity contribution in [2.45, 2.75) is 71.1 Å². The van der Waals surface area contributed by atoms with Gasteiger partial charge in [0.05, 0.1) is 25.3 Å². The third-order valence-corrected chi connectivity index (χ3v) is 9.14. The summed E-state index contributed by atoms with van der Waals surface area (Å²) in [5, 5.41) is 9.75. The second-order valence-corrected chi connectivity index (χ2v) is 12.1. The molecule has 6 nitrogen and oxygen atoms in total. The molecule has 3 aromatic rings. The summed E-state index contributed by atoms with van der Waals surface area (Å²) in [7, 11) is 0. The Hall–Kier alpha value is -3.29. The van der Waals surface area contributed by atoms with Crippen LogP contribution < -0.4 is 4.74 Å². The van der Waals surface area contributed by atoms with E-state index < -0.39 is 11.9 Å². The van der Waals surface area contributed by atoms with Crippen LogP contribution in [0.25, 0.3) is 11.1 Å². The fraction of sp³-hybridized carbons (Fsp3) is 0.471. The van der Waals surface area contributed by atoms with E-state index in [0.717, 1.165) is 71.5 Å². The number of hydrogen-bond donors (Lipinski definition) is 1. The van der Waals surface area contributed by atoms with E-state index in [1.54, 1.807) is 0 Å². The molecule has 0 radical (unpaired) electrons. The summed E-state index contributed by atoms with van der Waals surface area (Å²) in [6, 6.07) is 14.7. The Morgan fingerprint density at radius 3 is 2.73 bits per heavy atom. The SMILES string of the molecule is Cc1cc(-c2ccc(C3CCc4ccc([C@H](C5CC5)[C@H](C)C(=O)O)cc4O3)cc2CN2CCOC[C@@H]2C)c(F)cn1. The molecule has 2 aliphatic heterocycles. The molecule has 1 unspecified atom stereocenters. The lowest BCUT2D eigenvalue weighted by molar-refractivity contribution is -0.142. The molecule has 3 aliphatic rings. The van der Waals surface area contributed by atoms with Gasteiger partial charge < -0.3 is 14.6 Å². The van der Waals surface area contributed by atoms with Crippen LogP contribution in [0.15, 0.2) is 48.7 Å². The number of rotatable bonds is 8. The number of ether oxygens (including phenoxy) is 2. The molecule has 0 bridgehead atoms. The molecule has 7 heteroatoms. The molecule has 0 amide bonds. The Balaban J connectivity index is 1.32. The van der Waals surface area contributed by atoms with Crippen LogP contribution in [0.5, 0.6) is 5.75 Å². The van der Waals surface area contributed by atoms with E-state index in [2.05, 4.69) is 47.1 Å². The van der Waals surface area contributed by atoms with Crippen LogP contribution in [0.2, 0.25) is 0 Å². The van der Waals surface area contributed by atoms with Crippen molar-refractivity contribution in [2.75, 3.05) is 19.8 Å². The van der Waals surface area contributed by atoms with Crippen LogP contribution in [-0.4, -0.2) is 46.8 Å². The first-order valence-electron chi connectivity index (χ1n) is 14.9. The van der Waals surface area contributed by atoms with Crippen molar-refractivity contribution < 1.29 is 23.8 Å². The van der Waals surface area contributed by atoms with Gasteiger partial charge >= 0.3 is 5.97 Å². The van der Waals surface area contributed by atoms with E-state index >= 15 is 4.39 Å². The van der Waals surface area contributed by atoms with Gasteiger partial charge in [0.15, 0.2) is 0 Å². The smallest absolute Gasteiger partial charge is 0.306 e. The third kappa shape index (κ3) is 5.88. The summed E-state index contributed by atoms with van der Waals surface area (Å²) in [5.74, 6) is -0.229. The normalized spacial score (nSPS) is 22.4. The number of carboxylic acids is 1. The lowest BCUT2D eigenvalue weighted by Crippen LogP contribution is -2.43. The Bertz CT molecular complexity index is 1440. The summed E-state index contributed by atoms with van der Waals surface area (Å²) in [5.41, 5.74) is 6.58. The molecule has 2 aromatic carbocycles. The minimum atomic E-state index is -0.749. The van der Waals surface area contributed by atoms with Crippen LogP contribution in [-0.2, 0) is 22.5 Å². The first-order valence-corrected chi connectivity index (χ1v) is 14.9. The second-order valence-electron chi connectivity index (χ2n) is 12.1. The number of fused-ring (bicyclic) bond motifs is 1. The van der Waals surface area contributed by atoms with Crippen LogP contribution in [0, 0.1) is 24.6 Å². The van der Waals surface area contributed by atoms with Crippen LogP contribution in [0.1, 0.15) is 73.1 Å². The Kier molecular flexibility index (Phi) is 7.84. The number of carboxylic acid groups (broad SMARTS) is 1. The fourth-order valence-corrected chi connectivity index (χ4v) is 6.58. The monoisotopic (exact) mass is 558 g/mol. The van der Waals surface area contributed by atoms with Crippen molar-refractivity contribution in [3.05, 3.63) is 82.4 Å². The number of aromatic nitrogens is 1. The molecule has 3 heterocycles. The maximum absolute atomic E-state index is 15.0. The maximum Gasteiger partial charge on any atom is 0.306 e. The molecule has 1 N–H and O–H groups in total. The molecule has 6 rings (SSSR count). The number of pyridine rings is 1. The quantitative estimate of drug-likeness (QED) is 0.332. The number of benzene rings is 2. The van der Waals surface area contributed by atoms with Gasteiger partial charge in [-0.3, -0.25) is 14.7 Å². The topological polar surface area (TPSA) is 71.9 Å². The van der Waals surface area contributed by atoms with Gasteiger partial charge in [0.25, 0.3) is 0 Å². The molecule has 1 saturated heterocycles. The van der Waals surface area contributed by atoms with Crippen LogP contribution in [0.4, 0.5) is 4.39 Å². The van der Waals surface area contributed by atoms with E-state index in [1.807, 2.05) is 26.0 Å². The average molecular weight is 559 g/mol. The predicted molar refractivity (Wildman–Crippen MR) is 155 cm³/mol. The van der Waals surface area contributed by atoms with Gasteiger partial charge in [-0.25, -0.2) is 4.39 Å². The number of aliphatic carboxylic acids is 1. The highest BCUT2D eigenvalue weighted by molar-refractivity contribution is 5.71. The summed E-state index contributed by atoms with van der Waals surface area (Å²) < 4.78 is 27.3. The highest BCUT2D eigenvalue weighted by Gasteiger charge is 2.39. The zero-order chi connectivity index (χ0) is 28.7. The van der Waals surface area contributed by atoms with Crippen molar-refractivity contribution in [1.82, 2.24) is 9.88 Å². The minimum absolute atomic E-state index is 0.00175. The highest BCUT2D eigenvalue weighted by atomic mass is 19.1. The fourth-order valence-electron chi connectivity index (χ4n) is 6.58.